The van der Waals surface area contributed by atoms with Crippen molar-refractivity contribution >= 4 is 16.9 Å². The number of pyridine rings is 2. The molecular formula is C20H19F2N3O2. The summed E-state index contributed by atoms with van der Waals surface area (Å²) in [5.41, 5.74) is 0.260. The first-order valence-corrected chi connectivity index (χ1v) is 8.40. The average molecular weight is 371 g/mol. The number of nitrogens with one attached hydrogen (secondary N) is 1. The number of carbonyl (C=O) groups excluding carboxylic acids is 1. The third-order valence-corrected chi connectivity index (χ3v) is 3.70. The Kier molecular flexibility index (Phi) is 5.03. The fraction of sp³-hybridized carbons (Fsp3) is 0.250. The molecule has 1 amide bonds. The number of ether oxygens (including phenoxy) is 1. The summed E-state index contributed by atoms with van der Waals surface area (Å²) in [4.78, 5) is 19.7. The zero-order valence-corrected chi connectivity index (χ0v) is 15.2. The highest BCUT2D eigenvalue weighted by Gasteiger charge is 2.16. The van der Waals surface area contributed by atoms with E-state index in [0.29, 0.717) is 16.5 Å². The smallest absolute Gasteiger partial charge is 0.407 e. The number of hydrogen-bond donors (Lipinski definition) is 1. The quantitative estimate of drug-likeness (QED) is 0.684. The van der Waals surface area contributed by atoms with Crippen molar-refractivity contribution in [2.24, 2.45) is 0 Å². The molecule has 1 aromatic carbocycles. The van der Waals surface area contributed by atoms with Crippen LogP contribution in [0.4, 0.5) is 13.6 Å². The van der Waals surface area contributed by atoms with Crippen LogP contribution in [-0.2, 0) is 11.3 Å². The number of alkyl carbamates (subject to hydrolysis) is 1. The van der Waals surface area contributed by atoms with Crippen LogP contribution >= 0.6 is 0 Å². The molecule has 0 spiro atoms. The summed E-state index contributed by atoms with van der Waals surface area (Å²) in [5, 5.41) is 3.49. The lowest BCUT2D eigenvalue weighted by Gasteiger charge is -2.19. The Morgan fingerprint density at radius 3 is 2.67 bits per heavy atom. The molecule has 3 rings (SSSR count). The topological polar surface area (TPSA) is 64.1 Å². The summed E-state index contributed by atoms with van der Waals surface area (Å²) >= 11 is 0. The second-order valence-electron chi connectivity index (χ2n) is 7.02. The first-order valence-electron chi connectivity index (χ1n) is 8.40. The van der Waals surface area contributed by atoms with Crippen molar-refractivity contribution < 1.29 is 18.3 Å². The van der Waals surface area contributed by atoms with Crippen molar-refractivity contribution in [2.45, 2.75) is 32.9 Å². The lowest BCUT2D eigenvalue weighted by Crippen LogP contribution is -2.32. The molecule has 2 heterocycles. The van der Waals surface area contributed by atoms with Crippen LogP contribution in [-0.4, -0.2) is 21.7 Å². The molecule has 0 saturated heterocycles. The largest absolute Gasteiger partial charge is 0.444 e. The molecule has 140 valence electrons. The van der Waals surface area contributed by atoms with Crippen molar-refractivity contribution in [1.82, 2.24) is 15.3 Å². The number of aromatic nitrogens is 2. The zero-order chi connectivity index (χ0) is 19.6. The van der Waals surface area contributed by atoms with Crippen molar-refractivity contribution in [3.8, 4) is 11.3 Å². The van der Waals surface area contributed by atoms with Crippen LogP contribution in [0.25, 0.3) is 22.0 Å². The summed E-state index contributed by atoms with van der Waals surface area (Å²) in [6.07, 6.45) is 0.940. The van der Waals surface area contributed by atoms with Crippen molar-refractivity contribution in [1.29, 1.82) is 0 Å². The van der Waals surface area contributed by atoms with Crippen molar-refractivity contribution in [3.63, 3.8) is 0 Å². The summed E-state index contributed by atoms with van der Waals surface area (Å²) in [6.45, 7) is 5.38. The van der Waals surface area contributed by atoms with Gasteiger partial charge in [0.15, 0.2) is 0 Å². The van der Waals surface area contributed by atoms with Gasteiger partial charge in [-0.3, -0.25) is 4.98 Å². The highest BCUT2D eigenvalue weighted by atomic mass is 19.1. The second-order valence-corrected chi connectivity index (χ2v) is 7.02. The van der Waals surface area contributed by atoms with Gasteiger partial charge in [-0.1, -0.05) is 12.1 Å². The number of amides is 1. The first kappa shape index (κ1) is 18.7. The van der Waals surface area contributed by atoms with Gasteiger partial charge in [0.05, 0.1) is 17.9 Å². The van der Waals surface area contributed by atoms with E-state index in [1.54, 1.807) is 45.0 Å². The molecule has 0 saturated carbocycles. The Morgan fingerprint density at radius 1 is 1.19 bits per heavy atom. The molecule has 27 heavy (non-hydrogen) atoms. The molecule has 1 N–H and O–H groups in total. The fourth-order valence-corrected chi connectivity index (χ4v) is 2.55. The third-order valence-electron chi connectivity index (χ3n) is 3.70. The van der Waals surface area contributed by atoms with Crippen LogP contribution in [0.3, 0.4) is 0 Å². The molecule has 0 unspecified atom stereocenters. The molecule has 0 atom stereocenters. The van der Waals surface area contributed by atoms with Gasteiger partial charge in [-0.25, -0.2) is 14.2 Å². The SMILES string of the molecule is CC(C)(C)OC(=O)NCc1cc2c(F)c(-c3cccc(F)n3)ccc2cn1. The van der Waals surface area contributed by atoms with Gasteiger partial charge >= 0.3 is 6.09 Å². The first-order chi connectivity index (χ1) is 12.7. The Bertz CT molecular complexity index is 1000. The Hall–Kier alpha value is -3.09. The van der Waals surface area contributed by atoms with Crippen LogP contribution in [0, 0.1) is 11.8 Å². The number of rotatable bonds is 3. The summed E-state index contributed by atoms with van der Waals surface area (Å²) in [7, 11) is 0. The number of halogens is 2. The lowest BCUT2D eigenvalue weighted by molar-refractivity contribution is 0.0523. The molecule has 0 radical (unpaired) electrons. The maximum Gasteiger partial charge on any atom is 0.407 e. The summed E-state index contributed by atoms with van der Waals surface area (Å²) in [5.74, 6) is -1.20. The number of nitrogens with zero attached hydrogens (tertiary/aromatic N) is 2. The van der Waals surface area contributed by atoms with Crippen LogP contribution < -0.4 is 5.32 Å². The monoisotopic (exact) mass is 371 g/mol. The standard InChI is InChI=1S/C20H19F2N3O2/c1-20(2,3)27-19(26)24-11-13-9-15-12(10-23-13)7-8-14(18(15)22)16-5-4-6-17(21)25-16/h4-10H,11H2,1-3H3,(H,24,26). The van der Waals surface area contributed by atoms with Gasteiger partial charge in [-0.05, 0) is 45.0 Å². The van der Waals surface area contributed by atoms with Crippen LogP contribution in [0.15, 0.2) is 42.6 Å². The third kappa shape index (κ3) is 4.55. The number of hydrogen-bond acceptors (Lipinski definition) is 4. The van der Waals surface area contributed by atoms with E-state index in [4.69, 9.17) is 4.74 Å². The molecule has 0 aliphatic heterocycles. The molecule has 3 aromatic rings. The lowest BCUT2D eigenvalue weighted by atomic mass is 10.0. The maximum atomic E-state index is 15.0. The van der Waals surface area contributed by atoms with Gasteiger partial charge in [-0.15, -0.1) is 0 Å². The van der Waals surface area contributed by atoms with E-state index < -0.39 is 23.5 Å². The minimum Gasteiger partial charge on any atom is -0.444 e. The highest BCUT2D eigenvalue weighted by molar-refractivity contribution is 5.87. The van der Waals surface area contributed by atoms with Gasteiger partial charge in [-0.2, -0.15) is 4.39 Å². The van der Waals surface area contributed by atoms with Gasteiger partial charge in [0.1, 0.15) is 11.4 Å². The van der Waals surface area contributed by atoms with E-state index in [-0.39, 0.29) is 17.8 Å². The van der Waals surface area contributed by atoms with Crippen LogP contribution in [0.1, 0.15) is 26.5 Å². The van der Waals surface area contributed by atoms with Gasteiger partial charge < -0.3 is 10.1 Å². The average Bonchev–Trinajstić information content (AvgIpc) is 2.59. The van der Waals surface area contributed by atoms with Crippen LogP contribution in [0.5, 0.6) is 0 Å². The van der Waals surface area contributed by atoms with Gasteiger partial charge in [0.25, 0.3) is 0 Å². The van der Waals surface area contributed by atoms with E-state index in [1.807, 2.05) is 0 Å². The summed E-state index contributed by atoms with van der Waals surface area (Å²) in [6, 6.07) is 9.00. The van der Waals surface area contributed by atoms with E-state index in [2.05, 4.69) is 15.3 Å². The van der Waals surface area contributed by atoms with E-state index >= 15 is 0 Å². The molecule has 0 aliphatic carbocycles. The zero-order valence-electron chi connectivity index (χ0n) is 15.2. The van der Waals surface area contributed by atoms with E-state index in [9.17, 15) is 13.6 Å². The highest BCUT2D eigenvalue weighted by Crippen LogP contribution is 2.28. The minimum absolute atomic E-state index is 0.0900. The number of fused-ring (bicyclic) bond motifs is 1. The number of carbonyl (C=O) groups is 1. The molecular weight excluding hydrogens is 352 g/mol. The molecule has 0 bridgehead atoms. The predicted molar refractivity (Wildman–Crippen MR) is 98.0 cm³/mol. The Labute approximate surface area is 155 Å². The van der Waals surface area contributed by atoms with Crippen molar-refractivity contribution in [2.75, 3.05) is 0 Å². The Morgan fingerprint density at radius 2 is 1.96 bits per heavy atom. The maximum absolute atomic E-state index is 15.0. The van der Waals surface area contributed by atoms with E-state index in [0.717, 1.165) is 0 Å². The predicted octanol–water partition coefficient (Wildman–Crippen LogP) is 4.60. The van der Waals surface area contributed by atoms with Crippen molar-refractivity contribution in [3.05, 3.63) is 60.1 Å². The van der Waals surface area contributed by atoms with E-state index in [1.165, 1.54) is 18.3 Å². The molecule has 7 heteroatoms. The van der Waals surface area contributed by atoms with Gasteiger partial charge in [0, 0.05) is 22.5 Å². The summed E-state index contributed by atoms with van der Waals surface area (Å²) < 4.78 is 33.5. The second kappa shape index (κ2) is 7.26. The molecule has 0 fully saturated rings. The number of benzene rings is 1. The van der Waals surface area contributed by atoms with Crippen LogP contribution in [0.2, 0.25) is 0 Å². The molecule has 0 aliphatic rings. The fourth-order valence-electron chi connectivity index (χ4n) is 2.55. The normalized spacial score (nSPS) is 11.4. The molecule has 2 aromatic heterocycles. The minimum atomic E-state index is -0.677. The Balaban J connectivity index is 1.88. The van der Waals surface area contributed by atoms with Gasteiger partial charge in [0.2, 0.25) is 5.95 Å². The molecule has 5 nitrogen and oxygen atoms in total.